The third kappa shape index (κ3) is 4.83. The Morgan fingerprint density at radius 3 is 2.50 bits per heavy atom. The molecule has 0 spiro atoms. The Kier molecular flexibility index (Phi) is 5.88. The summed E-state index contributed by atoms with van der Waals surface area (Å²) in [5, 5.41) is 2.35. The van der Waals surface area contributed by atoms with Gasteiger partial charge in [-0.3, -0.25) is 14.6 Å². The molecule has 2 aromatic rings. The van der Waals surface area contributed by atoms with Gasteiger partial charge in [-0.1, -0.05) is 12.1 Å². The topological polar surface area (TPSA) is 79.6 Å². The van der Waals surface area contributed by atoms with E-state index in [9.17, 15) is 22.8 Å². The maximum atomic E-state index is 13.0. The van der Waals surface area contributed by atoms with E-state index in [0.29, 0.717) is 26.2 Å². The lowest BCUT2D eigenvalue weighted by molar-refractivity contribution is -0.895. The Morgan fingerprint density at radius 2 is 1.86 bits per heavy atom. The molecule has 0 atom stereocenters. The molecule has 2 heterocycles. The molecule has 0 bridgehead atoms. The first-order valence-corrected chi connectivity index (χ1v) is 8.69. The van der Waals surface area contributed by atoms with Crippen LogP contribution in [0.15, 0.2) is 42.9 Å². The van der Waals surface area contributed by atoms with Crippen molar-refractivity contribution in [2.24, 2.45) is 0 Å². The number of aromatic nitrogens is 2. The number of carbonyl (C=O) groups is 2. The fourth-order valence-corrected chi connectivity index (χ4v) is 3.04. The van der Waals surface area contributed by atoms with Gasteiger partial charge < -0.3 is 15.1 Å². The quantitative estimate of drug-likeness (QED) is 0.791. The Bertz CT molecular complexity index is 837. The van der Waals surface area contributed by atoms with Crippen molar-refractivity contribution in [1.82, 2.24) is 14.9 Å². The molecule has 148 valence electrons. The number of quaternary nitrogens is 1. The van der Waals surface area contributed by atoms with E-state index in [1.165, 1.54) is 36.8 Å². The lowest BCUT2D eigenvalue weighted by Gasteiger charge is -2.31. The van der Waals surface area contributed by atoms with E-state index in [1.54, 1.807) is 4.90 Å². The van der Waals surface area contributed by atoms with Crippen LogP contribution in [-0.2, 0) is 11.0 Å². The highest BCUT2D eigenvalue weighted by Gasteiger charge is 2.34. The van der Waals surface area contributed by atoms with Crippen molar-refractivity contribution >= 4 is 17.5 Å². The molecular weight excluding hydrogens is 375 g/mol. The van der Waals surface area contributed by atoms with Crippen molar-refractivity contribution in [3.8, 4) is 0 Å². The molecule has 10 heteroatoms. The number of hydrogen-bond donors (Lipinski definition) is 2. The van der Waals surface area contributed by atoms with E-state index in [4.69, 9.17) is 0 Å². The maximum absolute atomic E-state index is 13.0. The highest BCUT2D eigenvalue weighted by atomic mass is 19.4. The minimum atomic E-state index is -4.54. The number of benzene rings is 1. The van der Waals surface area contributed by atoms with E-state index < -0.39 is 17.6 Å². The summed E-state index contributed by atoms with van der Waals surface area (Å²) in [7, 11) is 0. The summed E-state index contributed by atoms with van der Waals surface area (Å²) in [5.41, 5.74) is -0.874. The number of amides is 2. The number of anilines is 1. The zero-order valence-corrected chi connectivity index (χ0v) is 14.9. The van der Waals surface area contributed by atoms with Crippen molar-refractivity contribution < 1.29 is 27.7 Å². The molecule has 0 radical (unpaired) electrons. The summed E-state index contributed by atoms with van der Waals surface area (Å²) in [6.45, 7) is 1.91. The molecule has 1 aromatic heterocycles. The molecule has 28 heavy (non-hydrogen) atoms. The van der Waals surface area contributed by atoms with Crippen LogP contribution in [0.3, 0.4) is 0 Å². The second-order valence-corrected chi connectivity index (χ2v) is 6.40. The molecule has 1 saturated heterocycles. The third-order valence-electron chi connectivity index (χ3n) is 4.46. The Morgan fingerprint density at radius 1 is 1.14 bits per heavy atom. The molecule has 2 amide bonds. The zero-order valence-electron chi connectivity index (χ0n) is 14.9. The molecule has 1 aliphatic heterocycles. The van der Waals surface area contributed by atoms with Gasteiger partial charge in [0.15, 0.2) is 6.54 Å². The van der Waals surface area contributed by atoms with Gasteiger partial charge >= 0.3 is 6.18 Å². The van der Waals surface area contributed by atoms with Crippen molar-refractivity contribution in [2.75, 3.05) is 38.0 Å². The first-order valence-electron chi connectivity index (χ1n) is 8.69. The van der Waals surface area contributed by atoms with E-state index >= 15 is 0 Å². The second-order valence-electron chi connectivity index (χ2n) is 6.40. The predicted molar refractivity (Wildman–Crippen MR) is 93.6 cm³/mol. The average Bonchev–Trinajstić information content (AvgIpc) is 2.68. The van der Waals surface area contributed by atoms with Gasteiger partial charge in [0.1, 0.15) is 5.69 Å². The Hall–Kier alpha value is -3.01. The molecule has 7 nitrogen and oxygen atoms in total. The number of rotatable bonds is 4. The van der Waals surface area contributed by atoms with Crippen molar-refractivity contribution in [1.29, 1.82) is 0 Å². The summed E-state index contributed by atoms with van der Waals surface area (Å²) in [6, 6.07) is 4.87. The van der Waals surface area contributed by atoms with Gasteiger partial charge in [0.05, 0.1) is 43.6 Å². The molecule has 1 aliphatic rings. The predicted octanol–water partition coefficient (Wildman–Crippen LogP) is 0.475. The standard InChI is InChI=1S/C18H18F3N5O2/c19-18(20,21)13-3-1-2-4-14(13)24-16(27)12-25-7-9-26(10-8-25)17(28)15-11-22-5-6-23-15/h1-6,11H,7-10,12H2,(H,24,27)/p+1. The van der Waals surface area contributed by atoms with Crippen LogP contribution in [0.4, 0.5) is 18.9 Å². The molecule has 0 saturated carbocycles. The van der Waals surface area contributed by atoms with Crippen molar-refractivity contribution in [3.63, 3.8) is 0 Å². The van der Waals surface area contributed by atoms with E-state index in [2.05, 4.69) is 15.3 Å². The van der Waals surface area contributed by atoms with E-state index in [0.717, 1.165) is 11.0 Å². The van der Waals surface area contributed by atoms with Crippen LogP contribution in [0.1, 0.15) is 16.1 Å². The van der Waals surface area contributed by atoms with Crippen LogP contribution in [0, 0.1) is 0 Å². The highest BCUT2D eigenvalue weighted by molar-refractivity contribution is 5.93. The van der Waals surface area contributed by atoms with Crippen LogP contribution in [0.25, 0.3) is 0 Å². The third-order valence-corrected chi connectivity index (χ3v) is 4.46. The minimum Gasteiger partial charge on any atom is -0.326 e. The number of carbonyl (C=O) groups excluding carboxylic acids is 2. The lowest BCUT2D eigenvalue weighted by Crippen LogP contribution is -3.15. The highest BCUT2D eigenvalue weighted by Crippen LogP contribution is 2.34. The van der Waals surface area contributed by atoms with E-state index in [-0.39, 0.29) is 23.8 Å². The molecule has 3 rings (SSSR count). The number of halogens is 3. The molecular formula is C18H19F3N5O2+. The van der Waals surface area contributed by atoms with Crippen LogP contribution < -0.4 is 10.2 Å². The van der Waals surface area contributed by atoms with Gasteiger partial charge in [0, 0.05) is 12.4 Å². The number of alkyl halides is 3. The first-order chi connectivity index (χ1) is 13.3. The van der Waals surface area contributed by atoms with Crippen LogP contribution in [0.5, 0.6) is 0 Å². The van der Waals surface area contributed by atoms with Gasteiger partial charge in [-0.25, -0.2) is 4.98 Å². The fourth-order valence-electron chi connectivity index (χ4n) is 3.04. The number of para-hydroxylation sites is 1. The monoisotopic (exact) mass is 394 g/mol. The maximum Gasteiger partial charge on any atom is 0.418 e. The minimum absolute atomic E-state index is 0.0271. The second kappa shape index (κ2) is 8.34. The van der Waals surface area contributed by atoms with Crippen molar-refractivity contribution in [2.45, 2.75) is 6.18 Å². The smallest absolute Gasteiger partial charge is 0.326 e. The summed E-state index contributed by atoms with van der Waals surface area (Å²) in [4.78, 5) is 34.9. The molecule has 1 fully saturated rings. The van der Waals surface area contributed by atoms with Gasteiger partial charge in [0.2, 0.25) is 0 Å². The first kappa shape index (κ1) is 19.7. The molecule has 0 unspecified atom stereocenters. The number of piperazine rings is 1. The SMILES string of the molecule is O=C(C[NH+]1CCN(C(=O)c2cnccn2)CC1)Nc1ccccc1C(F)(F)F. The van der Waals surface area contributed by atoms with Gasteiger partial charge in [0.25, 0.3) is 11.8 Å². The largest absolute Gasteiger partial charge is 0.418 e. The lowest BCUT2D eigenvalue weighted by atomic mass is 10.1. The average molecular weight is 394 g/mol. The zero-order chi connectivity index (χ0) is 20.1. The van der Waals surface area contributed by atoms with Crippen LogP contribution >= 0.6 is 0 Å². The molecule has 2 N–H and O–H groups in total. The normalized spacial score (nSPS) is 15.3. The van der Waals surface area contributed by atoms with Gasteiger partial charge in [-0.15, -0.1) is 0 Å². The number of nitrogens with one attached hydrogen (secondary N) is 2. The fraction of sp³-hybridized carbons (Fsp3) is 0.333. The summed E-state index contributed by atoms with van der Waals surface area (Å²) in [5.74, 6) is -0.726. The summed E-state index contributed by atoms with van der Waals surface area (Å²) < 4.78 is 39.0. The van der Waals surface area contributed by atoms with Gasteiger partial charge in [-0.05, 0) is 12.1 Å². The summed E-state index contributed by atoms with van der Waals surface area (Å²) >= 11 is 0. The Balaban J connectivity index is 1.53. The van der Waals surface area contributed by atoms with Crippen LogP contribution in [0.2, 0.25) is 0 Å². The summed E-state index contributed by atoms with van der Waals surface area (Å²) in [6.07, 6.45) is -0.220. The van der Waals surface area contributed by atoms with Gasteiger partial charge in [-0.2, -0.15) is 13.2 Å². The number of nitrogens with zero attached hydrogens (tertiary/aromatic N) is 3. The van der Waals surface area contributed by atoms with Crippen LogP contribution in [-0.4, -0.2) is 59.4 Å². The van der Waals surface area contributed by atoms with Crippen molar-refractivity contribution in [3.05, 3.63) is 54.1 Å². The number of hydrogen-bond acceptors (Lipinski definition) is 4. The van der Waals surface area contributed by atoms with E-state index in [1.807, 2.05) is 0 Å². The molecule has 0 aliphatic carbocycles. The molecule has 1 aromatic carbocycles. The Labute approximate surface area is 159 Å².